The van der Waals surface area contributed by atoms with Crippen molar-refractivity contribution in [2.45, 2.75) is 26.3 Å². The Labute approximate surface area is 54.4 Å². The lowest BCUT2D eigenvalue weighted by Gasteiger charge is -2.00. The molecule has 0 rings (SSSR count). The highest BCUT2D eigenvalue weighted by Crippen LogP contribution is 2.02. The van der Waals surface area contributed by atoms with Crippen LogP contribution in [0, 0.1) is 5.92 Å². The van der Waals surface area contributed by atoms with Crippen LogP contribution in [0.2, 0.25) is 6.04 Å². The third kappa shape index (κ3) is 6.18. The lowest BCUT2D eigenvalue weighted by Crippen LogP contribution is -1.95. The molecule has 0 aliphatic rings. The van der Waals surface area contributed by atoms with E-state index >= 15 is 0 Å². The van der Waals surface area contributed by atoms with E-state index in [1.165, 1.54) is 12.5 Å². The molecule has 0 heterocycles. The monoisotopic (exact) mass is 132 g/mol. The molecule has 8 heavy (non-hydrogen) atoms. The first-order valence-corrected chi connectivity index (χ1v) is 4.84. The zero-order chi connectivity index (χ0) is 6.41. The predicted octanol–water partition coefficient (Wildman–Crippen LogP) is 1.18. The summed E-state index contributed by atoms with van der Waals surface area (Å²) in [5.74, 6) is 0.859. The molecule has 0 radical (unpaired) electrons. The summed E-state index contributed by atoms with van der Waals surface area (Å²) in [5, 5.41) is 0. The van der Waals surface area contributed by atoms with Gasteiger partial charge in [-0.15, -0.1) is 0 Å². The minimum Gasteiger partial charge on any atom is -0.427 e. The Morgan fingerprint density at radius 2 is 2.12 bits per heavy atom. The zero-order valence-corrected chi connectivity index (χ0v) is 7.52. The van der Waals surface area contributed by atoms with E-state index in [1.54, 1.807) is 0 Å². The Hall–Kier alpha value is 0.177. The molecular weight excluding hydrogens is 116 g/mol. The molecule has 2 heteroatoms. The van der Waals surface area contributed by atoms with E-state index in [9.17, 15) is 0 Å². The summed E-state index contributed by atoms with van der Waals surface area (Å²) >= 11 is 0. The van der Waals surface area contributed by atoms with Gasteiger partial charge in [0.2, 0.25) is 0 Å². The van der Waals surface area contributed by atoms with Gasteiger partial charge in [0, 0.05) is 7.11 Å². The van der Waals surface area contributed by atoms with Crippen LogP contribution < -0.4 is 0 Å². The third-order valence-electron chi connectivity index (χ3n) is 1.13. The van der Waals surface area contributed by atoms with E-state index in [0.29, 0.717) is 0 Å². The molecule has 0 N–H and O–H groups in total. The average Bonchev–Trinajstić information content (AvgIpc) is 1.66. The molecule has 0 unspecified atom stereocenters. The second kappa shape index (κ2) is 5.32. The normalized spacial score (nSPS) is 12.0. The van der Waals surface area contributed by atoms with E-state index in [0.717, 1.165) is 5.92 Å². The Bertz CT molecular complexity index is 45.8. The minimum atomic E-state index is -0.121. The van der Waals surface area contributed by atoms with Crippen LogP contribution in [0.15, 0.2) is 0 Å². The molecule has 0 spiro atoms. The summed E-state index contributed by atoms with van der Waals surface area (Å²) < 4.78 is 5.03. The Kier molecular flexibility index (Phi) is 5.43. The maximum Gasteiger partial charge on any atom is 0.161 e. The number of hydrogen-bond donors (Lipinski definition) is 0. The molecule has 0 bridgehead atoms. The van der Waals surface area contributed by atoms with Gasteiger partial charge in [0.25, 0.3) is 0 Å². The summed E-state index contributed by atoms with van der Waals surface area (Å²) in [5.41, 5.74) is 0. The summed E-state index contributed by atoms with van der Waals surface area (Å²) in [4.78, 5) is 0. The molecule has 0 fully saturated rings. The predicted molar refractivity (Wildman–Crippen MR) is 39.8 cm³/mol. The zero-order valence-electron chi connectivity index (χ0n) is 6.11. The lowest BCUT2D eigenvalue weighted by molar-refractivity contribution is 0.435. The molecule has 0 saturated heterocycles. The minimum absolute atomic E-state index is 0.121. The van der Waals surface area contributed by atoms with Crippen LogP contribution in [0.25, 0.3) is 0 Å². The number of rotatable bonds is 4. The first kappa shape index (κ1) is 8.18. The van der Waals surface area contributed by atoms with Gasteiger partial charge in [0.05, 0.1) is 0 Å². The second-order valence-corrected chi connectivity index (χ2v) is 4.22. The van der Waals surface area contributed by atoms with E-state index in [2.05, 4.69) is 13.8 Å². The van der Waals surface area contributed by atoms with Gasteiger partial charge in [0.1, 0.15) is 0 Å². The van der Waals surface area contributed by atoms with Gasteiger partial charge in [0.15, 0.2) is 9.76 Å². The van der Waals surface area contributed by atoms with Crippen molar-refractivity contribution >= 4 is 9.76 Å². The van der Waals surface area contributed by atoms with Gasteiger partial charge in [-0.2, -0.15) is 0 Å². The van der Waals surface area contributed by atoms with Crippen molar-refractivity contribution in [1.82, 2.24) is 0 Å². The van der Waals surface area contributed by atoms with Crippen LogP contribution in [0.1, 0.15) is 20.3 Å². The second-order valence-electron chi connectivity index (χ2n) is 2.53. The van der Waals surface area contributed by atoms with Crippen molar-refractivity contribution in [3.05, 3.63) is 0 Å². The molecule has 0 aromatic heterocycles. The molecule has 0 aromatic rings. The molecular formula is C6H16OSi. The van der Waals surface area contributed by atoms with Gasteiger partial charge < -0.3 is 4.43 Å². The van der Waals surface area contributed by atoms with Gasteiger partial charge in [-0.25, -0.2) is 0 Å². The standard InChI is InChI=1S/C6H16OSi/c1-6(2)4-5-8-7-3/h6H,4-5,8H2,1-3H3. The van der Waals surface area contributed by atoms with E-state index in [1.807, 2.05) is 7.11 Å². The smallest absolute Gasteiger partial charge is 0.161 e. The number of hydrogen-bond acceptors (Lipinski definition) is 1. The van der Waals surface area contributed by atoms with Crippen molar-refractivity contribution in [1.29, 1.82) is 0 Å². The molecule has 50 valence electrons. The van der Waals surface area contributed by atoms with Crippen LogP contribution in [0.4, 0.5) is 0 Å². The quantitative estimate of drug-likeness (QED) is 0.412. The largest absolute Gasteiger partial charge is 0.427 e. The molecule has 1 nitrogen and oxygen atoms in total. The van der Waals surface area contributed by atoms with E-state index in [4.69, 9.17) is 4.43 Å². The molecule has 0 aliphatic carbocycles. The van der Waals surface area contributed by atoms with E-state index in [-0.39, 0.29) is 9.76 Å². The van der Waals surface area contributed by atoms with Crippen molar-refractivity contribution < 1.29 is 4.43 Å². The van der Waals surface area contributed by atoms with Gasteiger partial charge >= 0.3 is 0 Å². The summed E-state index contributed by atoms with van der Waals surface area (Å²) in [6, 6.07) is 1.34. The van der Waals surface area contributed by atoms with Crippen LogP contribution in [-0.2, 0) is 4.43 Å². The van der Waals surface area contributed by atoms with E-state index < -0.39 is 0 Å². The maximum absolute atomic E-state index is 5.03. The Balaban J connectivity index is 2.72. The highest BCUT2D eigenvalue weighted by atomic mass is 28.2. The highest BCUT2D eigenvalue weighted by molar-refractivity contribution is 6.26. The van der Waals surface area contributed by atoms with Gasteiger partial charge in [-0.3, -0.25) is 0 Å². The lowest BCUT2D eigenvalue weighted by atomic mass is 10.2. The van der Waals surface area contributed by atoms with Crippen LogP contribution >= 0.6 is 0 Å². The van der Waals surface area contributed by atoms with Crippen molar-refractivity contribution in [3.63, 3.8) is 0 Å². The van der Waals surface area contributed by atoms with Crippen molar-refractivity contribution in [3.8, 4) is 0 Å². The SMILES string of the molecule is CO[SiH2]CCC(C)C. The summed E-state index contributed by atoms with van der Waals surface area (Å²) in [7, 11) is 1.69. The fourth-order valence-corrected chi connectivity index (χ4v) is 1.91. The molecule has 0 amide bonds. The molecule has 0 saturated carbocycles. The average molecular weight is 132 g/mol. The molecule has 0 atom stereocenters. The maximum atomic E-state index is 5.03. The van der Waals surface area contributed by atoms with Crippen molar-refractivity contribution in [2.24, 2.45) is 5.92 Å². The summed E-state index contributed by atoms with van der Waals surface area (Å²) in [6.07, 6.45) is 1.35. The fourth-order valence-electron chi connectivity index (χ4n) is 0.636. The molecule has 0 aliphatic heterocycles. The van der Waals surface area contributed by atoms with Crippen LogP contribution in [-0.4, -0.2) is 16.9 Å². The highest BCUT2D eigenvalue weighted by Gasteiger charge is 1.91. The first-order chi connectivity index (χ1) is 3.77. The van der Waals surface area contributed by atoms with Crippen molar-refractivity contribution in [2.75, 3.05) is 7.11 Å². The first-order valence-electron chi connectivity index (χ1n) is 3.26. The van der Waals surface area contributed by atoms with Gasteiger partial charge in [-0.05, 0) is 12.0 Å². The molecule has 0 aromatic carbocycles. The van der Waals surface area contributed by atoms with Crippen LogP contribution in [0.3, 0.4) is 0 Å². The Morgan fingerprint density at radius 1 is 1.50 bits per heavy atom. The van der Waals surface area contributed by atoms with Crippen LogP contribution in [0.5, 0.6) is 0 Å². The topological polar surface area (TPSA) is 9.23 Å². The Morgan fingerprint density at radius 3 is 2.50 bits per heavy atom. The fraction of sp³-hybridized carbons (Fsp3) is 1.00. The summed E-state index contributed by atoms with van der Waals surface area (Å²) in [6.45, 7) is 4.51. The van der Waals surface area contributed by atoms with Gasteiger partial charge in [-0.1, -0.05) is 20.3 Å². The third-order valence-corrected chi connectivity index (χ3v) is 2.24.